The van der Waals surface area contributed by atoms with Crippen LogP contribution in [0.15, 0.2) is 12.3 Å². The van der Waals surface area contributed by atoms with Crippen LogP contribution in [0.5, 0.6) is 0 Å². The van der Waals surface area contributed by atoms with Crippen molar-refractivity contribution in [2.75, 3.05) is 6.54 Å². The summed E-state index contributed by atoms with van der Waals surface area (Å²) >= 11 is 6.43. The molecule has 7 heteroatoms. The first-order valence-corrected chi connectivity index (χ1v) is 9.99. The van der Waals surface area contributed by atoms with Gasteiger partial charge < -0.3 is 9.80 Å². The lowest BCUT2D eigenvalue weighted by Crippen LogP contribution is -2.58. The fourth-order valence-corrected chi connectivity index (χ4v) is 4.79. The summed E-state index contributed by atoms with van der Waals surface area (Å²) in [5, 5.41) is 9.94. The summed E-state index contributed by atoms with van der Waals surface area (Å²) in [7, 11) is 0. The third kappa shape index (κ3) is 2.80. The SMILES string of the molecule is CC(C)(C)[C@H](C(=O)N1CCC[C@@H]1C#N)N1Cc2c(Cl)cnc3c2C(=CC3)C1=O. The van der Waals surface area contributed by atoms with Crippen LogP contribution in [0.1, 0.15) is 50.4 Å². The van der Waals surface area contributed by atoms with Gasteiger partial charge in [0.15, 0.2) is 0 Å². The van der Waals surface area contributed by atoms with E-state index in [0.29, 0.717) is 30.0 Å². The van der Waals surface area contributed by atoms with E-state index in [1.165, 1.54) is 0 Å². The lowest BCUT2D eigenvalue weighted by atomic mass is 9.82. The Morgan fingerprint density at radius 1 is 1.43 bits per heavy atom. The smallest absolute Gasteiger partial charge is 0.255 e. The molecule has 1 aromatic heterocycles. The molecule has 0 spiro atoms. The third-order valence-corrected chi connectivity index (χ3v) is 6.18. The fourth-order valence-electron chi connectivity index (χ4n) is 4.59. The van der Waals surface area contributed by atoms with Crippen LogP contribution in [0.25, 0.3) is 5.57 Å². The number of amides is 2. The highest BCUT2D eigenvalue weighted by atomic mass is 35.5. The Labute approximate surface area is 169 Å². The molecule has 3 heterocycles. The number of carbonyl (C=O) groups is 2. The number of halogens is 1. The molecular weight excluding hydrogens is 376 g/mol. The molecule has 146 valence electrons. The standard InChI is InChI=1S/C21H23ClN4O2/c1-21(2,3)18(20(28)25-8-4-5-12(25)9-23)26-11-14-15(22)10-24-16-7-6-13(17(14)16)19(26)27/h6,10,12,18H,4-5,7-8,11H2,1-3H3/t12-,18+/m1/s1. The van der Waals surface area contributed by atoms with Crippen LogP contribution < -0.4 is 0 Å². The average Bonchev–Trinajstić information content (AvgIpc) is 3.27. The van der Waals surface area contributed by atoms with Gasteiger partial charge in [0.1, 0.15) is 12.1 Å². The highest BCUT2D eigenvalue weighted by Gasteiger charge is 2.47. The van der Waals surface area contributed by atoms with E-state index in [2.05, 4.69) is 11.1 Å². The Balaban J connectivity index is 1.77. The molecule has 0 N–H and O–H groups in total. The van der Waals surface area contributed by atoms with Crippen molar-refractivity contribution in [3.63, 3.8) is 0 Å². The van der Waals surface area contributed by atoms with Gasteiger partial charge in [-0.1, -0.05) is 38.4 Å². The van der Waals surface area contributed by atoms with E-state index in [4.69, 9.17) is 11.6 Å². The van der Waals surface area contributed by atoms with E-state index in [1.54, 1.807) is 16.0 Å². The predicted octanol–water partition coefficient (Wildman–Crippen LogP) is 2.95. The molecule has 1 aliphatic carbocycles. The summed E-state index contributed by atoms with van der Waals surface area (Å²) in [5.41, 5.74) is 2.66. The van der Waals surface area contributed by atoms with Gasteiger partial charge in [-0.2, -0.15) is 5.26 Å². The van der Waals surface area contributed by atoms with E-state index in [1.807, 2.05) is 26.8 Å². The van der Waals surface area contributed by atoms with E-state index >= 15 is 0 Å². The van der Waals surface area contributed by atoms with Gasteiger partial charge in [0.05, 0.1) is 16.8 Å². The monoisotopic (exact) mass is 398 g/mol. The highest BCUT2D eigenvalue weighted by molar-refractivity contribution is 6.32. The first kappa shape index (κ1) is 18.9. The summed E-state index contributed by atoms with van der Waals surface area (Å²) < 4.78 is 0. The molecule has 1 aromatic rings. The van der Waals surface area contributed by atoms with Crippen LogP contribution in [0.3, 0.4) is 0 Å². The van der Waals surface area contributed by atoms with Crippen molar-refractivity contribution in [3.8, 4) is 6.07 Å². The van der Waals surface area contributed by atoms with E-state index in [-0.39, 0.29) is 18.4 Å². The van der Waals surface area contributed by atoms with Crippen molar-refractivity contribution in [3.05, 3.63) is 34.1 Å². The predicted molar refractivity (Wildman–Crippen MR) is 105 cm³/mol. The van der Waals surface area contributed by atoms with Crippen molar-refractivity contribution in [1.82, 2.24) is 14.8 Å². The average molecular weight is 399 g/mol. The third-order valence-electron chi connectivity index (χ3n) is 5.85. The van der Waals surface area contributed by atoms with Gasteiger partial charge in [-0.25, -0.2) is 0 Å². The van der Waals surface area contributed by atoms with Crippen LogP contribution in [0.4, 0.5) is 0 Å². The van der Waals surface area contributed by atoms with Crippen LogP contribution in [0, 0.1) is 16.7 Å². The topological polar surface area (TPSA) is 77.3 Å². The first-order chi connectivity index (χ1) is 13.2. The van der Waals surface area contributed by atoms with Gasteiger partial charge in [0.2, 0.25) is 5.91 Å². The number of carbonyl (C=O) groups excluding carboxylic acids is 2. The molecule has 1 fully saturated rings. The van der Waals surface area contributed by atoms with Crippen molar-refractivity contribution in [1.29, 1.82) is 5.26 Å². The number of rotatable bonds is 2. The molecule has 0 bridgehead atoms. The molecule has 4 rings (SSSR count). The molecule has 2 aliphatic heterocycles. The molecule has 3 aliphatic rings. The normalized spacial score (nSPS) is 22.0. The number of pyridine rings is 1. The number of aromatic nitrogens is 1. The molecule has 1 saturated heterocycles. The summed E-state index contributed by atoms with van der Waals surface area (Å²) in [6.07, 6.45) is 5.60. The Morgan fingerprint density at radius 2 is 2.18 bits per heavy atom. The van der Waals surface area contributed by atoms with Gasteiger partial charge in [-0.3, -0.25) is 14.6 Å². The molecule has 0 aromatic carbocycles. The van der Waals surface area contributed by atoms with Gasteiger partial charge in [0.25, 0.3) is 5.91 Å². The molecule has 0 radical (unpaired) electrons. The zero-order valence-electron chi connectivity index (χ0n) is 16.3. The Hall–Kier alpha value is -2.39. The van der Waals surface area contributed by atoms with Crippen molar-refractivity contribution >= 4 is 29.0 Å². The van der Waals surface area contributed by atoms with Crippen LogP contribution in [-0.4, -0.2) is 45.2 Å². The largest absolute Gasteiger partial charge is 0.325 e. The first-order valence-electron chi connectivity index (χ1n) is 9.62. The highest BCUT2D eigenvalue weighted by Crippen LogP contribution is 2.42. The van der Waals surface area contributed by atoms with Gasteiger partial charge in [-0.05, 0) is 18.3 Å². The van der Waals surface area contributed by atoms with Gasteiger partial charge >= 0.3 is 0 Å². The zero-order valence-corrected chi connectivity index (χ0v) is 17.1. The minimum absolute atomic E-state index is 0.155. The van der Waals surface area contributed by atoms with Gasteiger partial charge in [0, 0.05) is 42.4 Å². The van der Waals surface area contributed by atoms with Crippen molar-refractivity contribution in [2.24, 2.45) is 5.41 Å². The fraction of sp³-hybridized carbons (Fsp3) is 0.524. The van der Waals surface area contributed by atoms with E-state index in [0.717, 1.165) is 23.2 Å². The molecule has 2 atom stereocenters. The summed E-state index contributed by atoms with van der Waals surface area (Å²) in [5.74, 6) is -0.311. The number of hydrogen-bond donors (Lipinski definition) is 0. The van der Waals surface area contributed by atoms with Crippen LogP contribution >= 0.6 is 11.6 Å². The number of likely N-dealkylation sites (tertiary alicyclic amines) is 1. The van der Waals surface area contributed by atoms with Crippen LogP contribution in [-0.2, 0) is 22.6 Å². The minimum atomic E-state index is -0.670. The molecule has 0 saturated carbocycles. The molecule has 28 heavy (non-hydrogen) atoms. The lowest BCUT2D eigenvalue weighted by Gasteiger charge is -2.43. The maximum Gasteiger partial charge on any atom is 0.255 e. The summed E-state index contributed by atoms with van der Waals surface area (Å²) in [6, 6.07) is 1.14. The quantitative estimate of drug-likeness (QED) is 0.767. The maximum atomic E-state index is 13.5. The van der Waals surface area contributed by atoms with Crippen molar-refractivity contribution < 1.29 is 9.59 Å². The second-order valence-electron chi connectivity index (χ2n) is 8.75. The number of nitrogens with zero attached hydrogens (tertiary/aromatic N) is 4. The second-order valence-corrected chi connectivity index (χ2v) is 9.16. The second kappa shape index (κ2) is 6.59. The zero-order chi connectivity index (χ0) is 20.2. The minimum Gasteiger partial charge on any atom is -0.325 e. The number of nitriles is 1. The Kier molecular flexibility index (Phi) is 4.46. The summed E-state index contributed by atoms with van der Waals surface area (Å²) in [6.45, 7) is 6.70. The Bertz CT molecular complexity index is 941. The molecular formula is C21H23ClN4O2. The van der Waals surface area contributed by atoms with E-state index in [9.17, 15) is 14.9 Å². The summed E-state index contributed by atoms with van der Waals surface area (Å²) in [4.78, 5) is 34.5. The molecule has 2 amide bonds. The lowest BCUT2D eigenvalue weighted by molar-refractivity contribution is -0.148. The molecule has 6 nitrogen and oxygen atoms in total. The number of allylic oxidation sites excluding steroid dienone is 1. The number of hydrogen-bond acceptors (Lipinski definition) is 4. The molecule has 0 unspecified atom stereocenters. The van der Waals surface area contributed by atoms with Crippen molar-refractivity contribution in [2.45, 2.75) is 58.7 Å². The van der Waals surface area contributed by atoms with Gasteiger partial charge in [-0.15, -0.1) is 0 Å². The Morgan fingerprint density at radius 3 is 2.86 bits per heavy atom. The van der Waals surface area contributed by atoms with Crippen LogP contribution in [0.2, 0.25) is 5.02 Å². The van der Waals surface area contributed by atoms with E-state index < -0.39 is 17.5 Å². The maximum absolute atomic E-state index is 13.5.